The van der Waals surface area contributed by atoms with Crippen LogP contribution in [-0.2, 0) is 9.53 Å². The molecule has 0 spiro atoms. The molecule has 0 heterocycles. The molecule has 16 heavy (non-hydrogen) atoms. The van der Waals surface area contributed by atoms with Crippen molar-refractivity contribution in [3.8, 4) is 0 Å². The summed E-state index contributed by atoms with van der Waals surface area (Å²) < 4.78 is 5.46. The van der Waals surface area contributed by atoms with Crippen molar-refractivity contribution in [2.24, 2.45) is 11.7 Å². The third-order valence-electron chi connectivity index (χ3n) is 4.01. The summed E-state index contributed by atoms with van der Waals surface area (Å²) in [4.78, 5) is 11.9. The summed E-state index contributed by atoms with van der Waals surface area (Å²) in [6, 6.07) is -0.374. The minimum atomic E-state index is -0.374. The van der Waals surface area contributed by atoms with Gasteiger partial charge in [0.05, 0.1) is 0 Å². The first kappa shape index (κ1) is 11.9. The molecule has 0 aliphatic heterocycles. The van der Waals surface area contributed by atoms with Gasteiger partial charge < -0.3 is 10.5 Å². The molecule has 2 fully saturated rings. The van der Waals surface area contributed by atoms with E-state index >= 15 is 0 Å². The lowest BCUT2D eigenvalue weighted by Crippen LogP contribution is -2.41. The summed E-state index contributed by atoms with van der Waals surface area (Å²) in [7, 11) is 0. The smallest absolute Gasteiger partial charge is 0.323 e. The van der Waals surface area contributed by atoms with Crippen molar-refractivity contribution >= 4 is 5.97 Å². The second kappa shape index (κ2) is 5.67. The molecule has 0 amide bonds. The van der Waals surface area contributed by atoms with Gasteiger partial charge in [-0.1, -0.05) is 19.3 Å². The molecule has 0 radical (unpaired) electrons. The van der Waals surface area contributed by atoms with Crippen LogP contribution in [0.25, 0.3) is 0 Å². The fourth-order valence-electron chi connectivity index (χ4n) is 2.93. The van der Waals surface area contributed by atoms with E-state index in [2.05, 4.69) is 0 Å². The Kier molecular flexibility index (Phi) is 4.22. The van der Waals surface area contributed by atoms with Crippen LogP contribution in [-0.4, -0.2) is 18.1 Å². The van der Waals surface area contributed by atoms with Crippen molar-refractivity contribution in [2.75, 3.05) is 0 Å². The van der Waals surface area contributed by atoms with Gasteiger partial charge >= 0.3 is 5.97 Å². The van der Waals surface area contributed by atoms with Gasteiger partial charge in [-0.25, -0.2) is 0 Å². The molecule has 0 aromatic rings. The standard InChI is InChI=1S/C13H23NO2/c14-12(10-6-2-1-3-7-10)13(15)16-11-8-4-5-9-11/h10-12H,1-9,14H2/t12-/m1/s1. The van der Waals surface area contributed by atoms with Crippen LogP contribution >= 0.6 is 0 Å². The van der Waals surface area contributed by atoms with E-state index in [0.29, 0.717) is 5.92 Å². The Hall–Kier alpha value is -0.570. The topological polar surface area (TPSA) is 52.3 Å². The van der Waals surface area contributed by atoms with E-state index in [-0.39, 0.29) is 18.1 Å². The van der Waals surface area contributed by atoms with Crippen molar-refractivity contribution < 1.29 is 9.53 Å². The highest BCUT2D eigenvalue weighted by Crippen LogP contribution is 2.27. The van der Waals surface area contributed by atoms with E-state index < -0.39 is 0 Å². The minimum Gasteiger partial charge on any atom is -0.461 e. The first-order valence-electron chi connectivity index (χ1n) is 6.73. The van der Waals surface area contributed by atoms with Crippen LogP contribution in [0, 0.1) is 5.92 Å². The normalized spacial score (nSPS) is 25.6. The van der Waals surface area contributed by atoms with E-state index in [1.165, 1.54) is 32.1 Å². The summed E-state index contributed by atoms with van der Waals surface area (Å²) in [5.74, 6) is 0.210. The molecule has 0 aromatic heterocycles. The van der Waals surface area contributed by atoms with E-state index in [4.69, 9.17) is 10.5 Å². The zero-order valence-electron chi connectivity index (χ0n) is 9.99. The molecule has 3 heteroatoms. The number of esters is 1. The van der Waals surface area contributed by atoms with Gasteiger partial charge in [-0.2, -0.15) is 0 Å². The molecule has 92 valence electrons. The van der Waals surface area contributed by atoms with Crippen molar-refractivity contribution in [1.82, 2.24) is 0 Å². The number of ether oxygens (including phenoxy) is 1. The zero-order valence-corrected chi connectivity index (χ0v) is 9.99. The Morgan fingerprint density at radius 3 is 2.19 bits per heavy atom. The molecule has 0 unspecified atom stereocenters. The SMILES string of the molecule is N[C@@H](C(=O)OC1CCCC1)C1CCCCC1. The summed E-state index contributed by atoms with van der Waals surface area (Å²) in [6.07, 6.45) is 10.5. The molecule has 2 aliphatic carbocycles. The second-order valence-electron chi connectivity index (χ2n) is 5.27. The van der Waals surface area contributed by atoms with Crippen LogP contribution in [0.2, 0.25) is 0 Å². The lowest BCUT2D eigenvalue weighted by Gasteiger charge is -2.26. The second-order valence-corrected chi connectivity index (χ2v) is 5.27. The fraction of sp³-hybridized carbons (Fsp3) is 0.923. The van der Waals surface area contributed by atoms with Crippen LogP contribution in [0.5, 0.6) is 0 Å². The van der Waals surface area contributed by atoms with Gasteiger partial charge in [-0.05, 0) is 44.4 Å². The van der Waals surface area contributed by atoms with Crippen LogP contribution in [0.3, 0.4) is 0 Å². The molecular formula is C13H23NO2. The summed E-state index contributed by atoms with van der Waals surface area (Å²) >= 11 is 0. The monoisotopic (exact) mass is 225 g/mol. The molecule has 2 saturated carbocycles. The average Bonchev–Trinajstić information content (AvgIpc) is 2.82. The van der Waals surface area contributed by atoms with Crippen molar-refractivity contribution in [3.05, 3.63) is 0 Å². The summed E-state index contributed by atoms with van der Waals surface area (Å²) in [5.41, 5.74) is 6.00. The van der Waals surface area contributed by atoms with Gasteiger partial charge in [-0.15, -0.1) is 0 Å². The molecule has 3 nitrogen and oxygen atoms in total. The van der Waals surface area contributed by atoms with E-state index in [0.717, 1.165) is 25.7 Å². The van der Waals surface area contributed by atoms with Crippen molar-refractivity contribution in [2.45, 2.75) is 69.9 Å². The minimum absolute atomic E-state index is 0.154. The Labute approximate surface area is 97.7 Å². The number of hydrogen-bond acceptors (Lipinski definition) is 3. The lowest BCUT2D eigenvalue weighted by molar-refractivity contribution is -0.152. The molecule has 0 bridgehead atoms. The predicted octanol–water partition coefficient (Wildman–Crippen LogP) is 2.38. The Morgan fingerprint density at radius 1 is 1.00 bits per heavy atom. The van der Waals surface area contributed by atoms with Crippen LogP contribution < -0.4 is 5.73 Å². The van der Waals surface area contributed by atoms with E-state index in [1.54, 1.807) is 0 Å². The Balaban J connectivity index is 1.78. The summed E-state index contributed by atoms with van der Waals surface area (Å²) in [5, 5.41) is 0. The van der Waals surface area contributed by atoms with Gasteiger partial charge in [0, 0.05) is 0 Å². The van der Waals surface area contributed by atoms with Crippen LogP contribution in [0.15, 0.2) is 0 Å². The number of hydrogen-bond donors (Lipinski definition) is 1. The third kappa shape index (κ3) is 2.97. The van der Waals surface area contributed by atoms with Crippen molar-refractivity contribution in [1.29, 1.82) is 0 Å². The third-order valence-corrected chi connectivity index (χ3v) is 4.01. The first-order chi connectivity index (χ1) is 7.77. The molecule has 2 aliphatic rings. The predicted molar refractivity (Wildman–Crippen MR) is 62.9 cm³/mol. The highest BCUT2D eigenvalue weighted by Gasteiger charge is 2.29. The fourth-order valence-corrected chi connectivity index (χ4v) is 2.93. The molecule has 0 aromatic carbocycles. The van der Waals surface area contributed by atoms with Crippen LogP contribution in [0.1, 0.15) is 57.8 Å². The van der Waals surface area contributed by atoms with Crippen LogP contribution in [0.4, 0.5) is 0 Å². The highest BCUT2D eigenvalue weighted by atomic mass is 16.5. The molecule has 0 saturated heterocycles. The van der Waals surface area contributed by atoms with Crippen molar-refractivity contribution in [3.63, 3.8) is 0 Å². The Morgan fingerprint density at radius 2 is 1.56 bits per heavy atom. The molecular weight excluding hydrogens is 202 g/mol. The van der Waals surface area contributed by atoms with Gasteiger partial charge in [0.1, 0.15) is 12.1 Å². The largest absolute Gasteiger partial charge is 0.461 e. The van der Waals surface area contributed by atoms with Gasteiger partial charge in [0.15, 0.2) is 0 Å². The number of nitrogens with two attached hydrogens (primary N) is 1. The maximum Gasteiger partial charge on any atom is 0.323 e. The van der Waals surface area contributed by atoms with E-state index in [1.807, 2.05) is 0 Å². The quantitative estimate of drug-likeness (QED) is 0.750. The van der Waals surface area contributed by atoms with Gasteiger partial charge in [-0.3, -0.25) is 4.79 Å². The summed E-state index contributed by atoms with van der Waals surface area (Å²) in [6.45, 7) is 0. The lowest BCUT2D eigenvalue weighted by atomic mass is 9.84. The zero-order chi connectivity index (χ0) is 11.4. The number of carbonyl (C=O) groups excluding carboxylic acids is 1. The maximum atomic E-state index is 11.9. The Bertz CT molecular complexity index is 230. The maximum absolute atomic E-state index is 11.9. The number of carbonyl (C=O) groups is 1. The van der Waals surface area contributed by atoms with E-state index in [9.17, 15) is 4.79 Å². The number of rotatable bonds is 3. The molecule has 2 N–H and O–H groups in total. The van der Waals surface area contributed by atoms with Gasteiger partial charge in [0.25, 0.3) is 0 Å². The highest BCUT2D eigenvalue weighted by molar-refractivity contribution is 5.76. The van der Waals surface area contributed by atoms with Gasteiger partial charge in [0.2, 0.25) is 0 Å². The average molecular weight is 225 g/mol. The molecule has 1 atom stereocenters. The first-order valence-corrected chi connectivity index (χ1v) is 6.73. The molecule has 2 rings (SSSR count).